The number of hydrogen-bond donors (Lipinski definition) is 0. The Labute approximate surface area is 144 Å². The molecule has 0 saturated carbocycles. The Balaban J connectivity index is 2.39. The van der Waals surface area contributed by atoms with Gasteiger partial charge < -0.3 is 14.2 Å². The molecule has 1 rings (SSSR count). The molecule has 1 aromatic rings. The summed E-state index contributed by atoms with van der Waals surface area (Å²) < 4.78 is 15.7. The lowest BCUT2D eigenvalue weighted by Gasteiger charge is -2.19. The molecular weight excluding hydrogens is 308 g/mol. The van der Waals surface area contributed by atoms with Crippen LogP contribution >= 0.6 is 0 Å². The highest BCUT2D eigenvalue weighted by Crippen LogP contribution is 2.14. The number of carbonyl (C=O) groups excluding carboxylic acids is 2. The van der Waals surface area contributed by atoms with Crippen molar-refractivity contribution < 1.29 is 23.8 Å². The Bertz CT molecular complexity index is 526. The lowest BCUT2D eigenvalue weighted by Crippen LogP contribution is -2.27. The second kappa shape index (κ2) is 9.30. The van der Waals surface area contributed by atoms with Crippen LogP contribution in [0.15, 0.2) is 24.3 Å². The van der Waals surface area contributed by atoms with E-state index in [1.807, 2.05) is 0 Å². The van der Waals surface area contributed by atoms with Crippen LogP contribution in [0.4, 0.5) is 0 Å². The third-order valence-corrected chi connectivity index (χ3v) is 3.03. The number of benzene rings is 1. The van der Waals surface area contributed by atoms with Gasteiger partial charge >= 0.3 is 11.9 Å². The van der Waals surface area contributed by atoms with E-state index in [2.05, 4.69) is 13.8 Å². The van der Waals surface area contributed by atoms with E-state index in [1.165, 1.54) is 0 Å². The fourth-order valence-corrected chi connectivity index (χ4v) is 1.94. The van der Waals surface area contributed by atoms with E-state index in [9.17, 15) is 9.59 Å². The van der Waals surface area contributed by atoms with E-state index in [4.69, 9.17) is 14.2 Å². The summed E-state index contributed by atoms with van der Waals surface area (Å²) in [6.45, 7) is 9.92. The van der Waals surface area contributed by atoms with E-state index in [0.717, 1.165) is 12.8 Å². The summed E-state index contributed by atoms with van der Waals surface area (Å²) in [6, 6.07) is 6.51. The summed E-state index contributed by atoms with van der Waals surface area (Å²) in [6.07, 6.45) is 1.89. The first kappa shape index (κ1) is 20.0. The molecule has 5 nitrogen and oxygen atoms in total. The molecule has 0 heterocycles. The molecule has 0 saturated heterocycles. The third kappa shape index (κ3) is 8.56. The Morgan fingerprint density at radius 1 is 1.08 bits per heavy atom. The maximum atomic E-state index is 11.9. The minimum absolute atomic E-state index is 0.170. The molecule has 24 heavy (non-hydrogen) atoms. The van der Waals surface area contributed by atoms with Crippen molar-refractivity contribution in [2.45, 2.75) is 53.1 Å². The fraction of sp³-hybridized carbons (Fsp3) is 0.579. The van der Waals surface area contributed by atoms with Crippen LogP contribution in [0.1, 0.15) is 57.8 Å². The van der Waals surface area contributed by atoms with Gasteiger partial charge in [-0.1, -0.05) is 13.8 Å². The van der Waals surface area contributed by atoms with E-state index < -0.39 is 11.6 Å². The molecule has 0 aliphatic heterocycles. The van der Waals surface area contributed by atoms with Crippen LogP contribution < -0.4 is 4.74 Å². The van der Waals surface area contributed by atoms with Gasteiger partial charge in [-0.05, 0) is 63.8 Å². The number of ether oxygens (including phenoxy) is 3. The predicted molar refractivity (Wildman–Crippen MR) is 92.1 cm³/mol. The summed E-state index contributed by atoms with van der Waals surface area (Å²) in [5.41, 5.74) is -0.0759. The topological polar surface area (TPSA) is 61.8 Å². The first-order chi connectivity index (χ1) is 11.2. The average Bonchev–Trinajstić information content (AvgIpc) is 2.48. The Kier molecular flexibility index (Phi) is 7.75. The maximum absolute atomic E-state index is 11.9. The second-order valence-electron chi connectivity index (χ2n) is 7.07. The molecule has 0 aliphatic carbocycles. The van der Waals surface area contributed by atoms with Gasteiger partial charge in [0.2, 0.25) is 0 Å². The van der Waals surface area contributed by atoms with Crippen LogP contribution in [-0.2, 0) is 14.3 Å². The van der Waals surface area contributed by atoms with Crippen molar-refractivity contribution in [3.05, 3.63) is 29.8 Å². The normalized spacial score (nSPS) is 11.2. The molecule has 0 amide bonds. The van der Waals surface area contributed by atoms with Crippen molar-refractivity contribution in [2.24, 2.45) is 5.92 Å². The van der Waals surface area contributed by atoms with Crippen LogP contribution in [-0.4, -0.2) is 30.8 Å². The van der Waals surface area contributed by atoms with Crippen LogP contribution in [0.3, 0.4) is 0 Å². The number of hydrogen-bond acceptors (Lipinski definition) is 5. The fourth-order valence-electron chi connectivity index (χ4n) is 1.94. The van der Waals surface area contributed by atoms with E-state index >= 15 is 0 Å². The van der Waals surface area contributed by atoms with Crippen LogP contribution in [0.25, 0.3) is 0 Å². The van der Waals surface area contributed by atoms with Gasteiger partial charge in [0.15, 0.2) is 6.61 Å². The highest BCUT2D eigenvalue weighted by molar-refractivity contribution is 5.89. The van der Waals surface area contributed by atoms with E-state index in [-0.39, 0.29) is 12.6 Å². The second-order valence-corrected chi connectivity index (χ2v) is 7.07. The molecule has 0 spiro atoms. The summed E-state index contributed by atoms with van der Waals surface area (Å²) in [7, 11) is 0. The molecule has 0 N–H and O–H groups in total. The number of rotatable bonds is 8. The van der Waals surface area contributed by atoms with Crippen molar-refractivity contribution in [1.82, 2.24) is 0 Å². The molecule has 134 valence electrons. The molecule has 0 fully saturated rings. The molecule has 5 heteroatoms. The number of esters is 2. The van der Waals surface area contributed by atoms with Gasteiger partial charge in [-0.3, -0.25) is 0 Å². The zero-order valence-electron chi connectivity index (χ0n) is 15.3. The largest absolute Gasteiger partial charge is 0.482 e. The molecule has 0 bridgehead atoms. The molecule has 0 atom stereocenters. The van der Waals surface area contributed by atoms with E-state index in [0.29, 0.717) is 23.8 Å². The molecule has 0 unspecified atom stereocenters. The van der Waals surface area contributed by atoms with Gasteiger partial charge in [-0.25, -0.2) is 9.59 Å². The molecular formula is C19H28O5. The average molecular weight is 336 g/mol. The van der Waals surface area contributed by atoms with Crippen molar-refractivity contribution in [3.8, 4) is 5.75 Å². The summed E-state index contributed by atoms with van der Waals surface area (Å²) in [4.78, 5) is 23.5. The van der Waals surface area contributed by atoms with Crippen LogP contribution in [0.5, 0.6) is 5.75 Å². The Morgan fingerprint density at radius 3 is 2.25 bits per heavy atom. The van der Waals surface area contributed by atoms with Gasteiger partial charge in [-0.2, -0.15) is 0 Å². The SMILES string of the molecule is CC(C)CCCOC(=O)c1ccc(OCC(=O)OC(C)(C)C)cc1. The minimum atomic E-state index is -0.538. The zero-order chi connectivity index (χ0) is 18.2. The smallest absolute Gasteiger partial charge is 0.344 e. The molecule has 0 aromatic heterocycles. The summed E-state index contributed by atoms with van der Waals surface area (Å²) >= 11 is 0. The van der Waals surface area contributed by atoms with Gasteiger partial charge in [0, 0.05) is 0 Å². The van der Waals surface area contributed by atoms with Crippen LogP contribution in [0, 0.1) is 5.92 Å². The molecule has 0 aliphatic rings. The van der Waals surface area contributed by atoms with Crippen LogP contribution in [0.2, 0.25) is 0 Å². The molecule has 1 aromatic carbocycles. The monoisotopic (exact) mass is 336 g/mol. The van der Waals surface area contributed by atoms with Gasteiger partial charge in [0.1, 0.15) is 11.4 Å². The van der Waals surface area contributed by atoms with Gasteiger partial charge in [0.25, 0.3) is 0 Å². The quantitative estimate of drug-likeness (QED) is 0.530. The van der Waals surface area contributed by atoms with E-state index in [1.54, 1.807) is 45.0 Å². The van der Waals surface area contributed by atoms with Crippen molar-refractivity contribution in [2.75, 3.05) is 13.2 Å². The Hall–Kier alpha value is -2.04. The third-order valence-electron chi connectivity index (χ3n) is 3.03. The zero-order valence-corrected chi connectivity index (χ0v) is 15.3. The highest BCUT2D eigenvalue weighted by atomic mass is 16.6. The first-order valence-corrected chi connectivity index (χ1v) is 8.29. The van der Waals surface area contributed by atoms with Crippen molar-refractivity contribution >= 4 is 11.9 Å². The standard InChI is InChI=1S/C19H28O5/c1-14(2)7-6-12-22-18(21)15-8-10-16(11-9-15)23-13-17(20)24-19(3,4)5/h8-11,14H,6-7,12-13H2,1-5H3. The summed E-state index contributed by atoms with van der Waals surface area (Å²) in [5, 5.41) is 0. The Morgan fingerprint density at radius 2 is 1.71 bits per heavy atom. The minimum Gasteiger partial charge on any atom is -0.482 e. The predicted octanol–water partition coefficient (Wildman–Crippen LogP) is 4.00. The number of carbonyl (C=O) groups is 2. The van der Waals surface area contributed by atoms with Crippen molar-refractivity contribution in [3.63, 3.8) is 0 Å². The van der Waals surface area contributed by atoms with Crippen molar-refractivity contribution in [1.29, 1.82) is 0 Å². The first-order valence-electron chi connectivity index (χ1n) is 8.29. The molecule has 0 radical (unpaired) electrons. The lowest BCUT2D eigenvalue weighted by atomic mass is 10.1. The highest BCUT2D eigenvalue weighted by Gasteiger charge is 2.16. The maximum Gasteiger partial charge on any atom is 0.344 e. The van der Waals surface area contributed by atoms with Gasteiger partial charge in [0.05, 0.1) is 12.2 Å². The lowest BCUT2D eigenvalue weighted by molar-refractivity contribution is -0.157. The van der Waals surface area contributed by atoms with Gasteiger partial charge in [-0.15, -0.1) is 0 Å². The summed E-state index contributed by atoms with van der Waals surface area (Å²) in [5.74, 6) is 0.316.